The van der Waals surface area contributed by atoms with Crippen molar-refractivity contribution in [2.45, 2.75) is 30.4 Å². The van der Waals surface area contributed by atoms with Crippen LogP contribution in [0.2, 0.25) is 10.0 Å². The standard InChI is InChI=1S/C10H14ClNS.C6H5ClFN/c1-10(2,3)13-8-6-4-5-7(12)9(8)11;7-6-4(8)2-1-3-5(6)9/h4-6H,12H2,1-3H3;1-3H,9H2. The lowest BCUT2D eigenvalue weighted by Crippen LogP contribution is -2.06. The first kappa shape index (κ1) is 18.9. The van der Waals surface area contributed by atoms with E-state index in [-0.39, 0.29) is 15.5 Å². The van der Waals surface area contributed by atoms with Crippen molar-refractivity contribution in [1.29, 1.82) is 0 Å². The van der Waals surface area contributed by atoms with Crippen molar-refractivity contribution in [1.82, 2.24) is 0 Å². The maximum absolute atomic E-state index is 12.4. The molecule has 0 saturated heterocycles. The molecule has 0 aliphatic heterocycles. The third-order valence-corrected chi connectivity index (χ3v) is 4.50. The number of anilines is 2. The van der Waals surface area contributed by atoms with Crippen LogP contribution in [0.15, 0.2) is 41.3 Å². The van der Waals surface area contributed by atoms with E-state index in [0.29, 0.717) is 10.7 Å². The van der Waals surface area contributed by atoms with Gasteiger partial charge in [0.1, 0.15) is 5.82 Å². The van der Waals surface area contributed by atoms with E-state index in [0.717, 1.165) is 4.90 Å². The molecule has 0 spiro atoms. The van der Waals surface area contributed by atoms with Crippen molar-refractivity contribution in [3.05, 3.63) is 52.3 Å². The molecule has 0 bridgehead atoms. The summed E-state index contributed by atoms with van der Waals surface area (Å²) in [7, 11) is 0. The van der Waals surface area contributed by atoms with E-state index < -0.39 is 5.82 Å². The fourth-order valence-electron chi connectivity index (χ4n) is 1.46. The fourth-order valence-corrected chi connectivity index (χ4v) is 2.84. The van der Waals surface area contributed by atoms with E-state index in [2.05, 4.69) is 20.8 Å². The Morgan fingerprint density at radius 3 is 1.86 bits per heavy atom. The number of rotatable bonds is 1. The molecule has 2 aromatic carbocycles. The minimum atomic E-state index is -0.475. The predicted octanol–water partition coefficient (Wildman–Crippen LogP) is 5.87. The summed E-state index contributed by atoms with van der Waals surface area (Å²) >= 11 is 13.2. The number of thioether (sulfide) groups is 1. The predicted molar refractivity (Wildman–Crippen MR) is 97.3 cm³/mol. The molecule has 0 aliphatic rings. The summed E-state index contributed by atoms with van der Waals surface area (Å²) in [5.74, 6) is -0.475. The second-order valence-electron chi connectivity index (χ2n) is 5.52. The Bertz CT molecular complexity index is 622. The first-order valence-corrected chi connectivity index (χ1v) is 8.11. The molecule has 0 amide bonds. The number of hydrogen-bond acceptors (Lipinski definition) is 3. The summed E-state index contributed by atoms with van der Waals surface area (Å²) in [5.41, 5.74) is 11.9. The van der Waals surface area contributed by atoms with Gasteiger partial charge in [-0.3, -0.25) is 0 Å². The van der Waals surface area contributed by atoms with Gasteiger partial charge < -0.3 is 11.5 Å². The van der Waals surface area contributed by atoms with E-state index >= 15 is 0 Å². The van der Waals surface area contributed by atoms with Crippen LogP contribution in [0.4, 0.5) is 15.8 Å². The van der Waals surface area contributed by atoms with Gasteiger partial charge in [-0.15, -0.1) is 11.8 Å². The molecule has 6 heteroatoms. The van der Waals surface area contributed by atoms with Crippen LogP contribution in [0, 0.1) is 5.82 Å². The molecule has 0 aliphatic carbocycles. The summed E-state index contributed by atoms with van der Waals surface area (Å²) in [5, 5.41) is 0.667. The van der Waals surface area contributed by atoms with Gasteiger partial charge in [-0.1, -0.05) is 56.1 Å². The highest BCUT2D eigenvalue weighted by Gasteiger charge is 2.14. The fraction of sp³-hybridized carbons (Fsp3) is 0.250. The second kappa shape index (κ2) is 7.95. The van der Waals surface area contributed by atoms with Gasteiger partial charge in [0.2, 0.25) is 0 Å². The monoisotopic (exact) mass is 360 g/mol. The zero-order valence-electron chi connectivity index (χ0n) is 12.7. The molecule has 4 N–H and O–H groups in total. The number of nitrogen functional groups attached to an aromatic ring is 2. The first-order valence-electron chi connectivity index (χ1n) is 6.54. The Kier molecular flexibility index (Phi) is 6.85. The molecule has 0 saturated carbocycles. The lowest BCUT2D eigenvalue weighted by Gasteiger charge is -2.18. The van der Waals surface area contributed by atoms with Gasteiger partial charge in [0, 0.05) is 9.64 Å². The van der Waals surface area contributed by atoms with Gasteiger partial charge in [-0.05, 0) is 24.3 Å². The van der Waals surface area contributed by atoms with Crippen LogP contribution in [-0.2, 0) is 0 Å². The summed E-state index contributed by atoms with van der Waals surface area (Å²) < 4.78 is 12.5. The molecule has 2 nitrogen and oxygen atoms in total. The Labute approximate surface area is 145 Å². The molecule has 0 fully saturated rings. The maximum Gasteiger partial charge on any atom is 0.143 e. The highest BCUT2D eigenvalue weighted by molar-refractivity contribution is 8.00. The van der Waals surface area contributed by atoms with Gasteiger partial charge in [0.15, 0.2) is 0 Å². The average molecular weight is 361 g/mol. The van der Waals surface area contributed by atoms with Crippen LogP contribution >= 0.6 is 35.0 Å². The number of halogens is 3. The normalized spacial score (nSPS) is 10.8. The quantitative estimate of drug-likeness (QED) is 0.493. The van der Waals surface area contributed by atoms with Crippen LogP contribution in [-0.4, -0.2) is 4.75 Å². The van der Waals surface area contributed by atoms with Crippen LogP contribution in [0.1, 0.15) is 20.8 Å². The molecular weight excluding hydrogens is 342 g/mol. The van der Waals surface area contributed by atoms with Crippen LogP contribution < -0.4 is 11.5 Å². The van der Waals surface area contributed by atoms with Crippen molar-refractivity contribution in [3.8, 4) is 0 Å². The Morgan fingerprint density at radius 1 is 0.909 bits per heavy atom. The van der Waals surface area contributed by atoms with Gasteiger partial charge in [0.05, 0.1) is 21.4 Å². The summed E-state index contributed by atoms with van der Waals surface area (Å²) in [6.07, 6.45) is 0. The van der Waals surface area contributed by atoms with Crippen molar-refractivity contribution >= 4 is 46.3 Å². The number of benzene rings is 2. The summed E-state index contributed by atoms with van der Waals surface area (Å²) in [6, 6.07) is 10.1. The molecule has 0 heterocycles. The minimum Gasteiger partial charge on any atom is -0.397 e. The summed E-state index contributed by atoms with van der Waals surface area (Å²) in [6.45, 7) is 6.45. The highest BCUT2D eigenvalue weighted by atomic mass is 35.5. The van der Waals surface area contributed by atoms with Crippen LogP contribution in [0.25, 0.3) is 0 Å². The SMILES string of the molecule is CC(C)(C)Sc1cccc(N)c1Cl.Nc1cccc(F)c1Cl. The Balaban J connectivity index is 0.000000235. The molecule has 0 radical (unpaired) electrons. The van der Waals surface area contributed by atoms with Crippen molar-refractivity contribution in [3.63, 3.8) is 0 Å². The van der Waals surface area contributed by atoms with E-state index in [4.69, 9.17) is 34.7 Å². The summed E-state index contributed by atoms with van der Waals surface area (Å²) in [4.78, 5) is 1.05. The molecule has 0 atom stereocenters. The van der Waals surface area contributed by atoms with Crippen molar-refractivity contribution in [2.24, 2.45) is 0 Å². The van der Waals surface area contributed by atoms with Gasteiger partial charge in [0.25, 0.3) is 0 Å². The van der Waals surface area contributed by atoms with Crippen molar-refractivity contribution in [2.75, 3.05) is 11.5 Å². The molecule has 2 rings (SSSR count). The zero-order valence-corrected chi connectivity index (χ0v) is 15.0. The highest BCUT2D eigenvalue weighted by Crippen LogP contribution is 2.38. The lowest BCUT2D eigenvalue weighted by molar-refractivity contribution is 0.629. The lowest BCUT2D eigenvalue weighted by atomic mass is 10.3. The number of hydrogen-bond donors (Lipinski definition) is 2. The van der Waals surface area contributed by atoms with Crippen LogP contribution in [0.5, 0.6) is 0 Å². The Hall–Kier alpha value is -1.10. The van der Waals surface area contributed by atoms with E-state index in [9.17, 15) is 4.39 Å². The van der Waals surface area contributed by atoms with Gasteiger partial charge in [-0.2, -0.15) is 0 Å². The average Bonchev–Trinajstić information content (AvgIpc) is 2.40. The van der Waals surface area contributed by atoms with E-state index in [1.54, 1.807) is 17.8 Å². The number of nitrogens with two attached hydrogens (primary N) is 2. The van der Waals surface area contributed by atoms with Crippen molar-refractivity contribution < 1.29 is 4.39 Å². The smallest absolute Gasteiger partial charge is 0.143 e. The first-order chi connectivity index (χ1) is 10.1. The van der Waals surface area contributed by atoms with E-state index in [1.807, 2.05) is 18.2 Å². The zero-order chi connectivity index (χ0) is 16.9. The van der Waals surface area contributed by atoms with Crippen LogP contribution in [0.3, 0.4) is 0 Å². The second-order valence-corrected chi connectivity index (χ2v) is 8.14. The third kappa shape index (κ3) is 5.95. The topological polar surface area (TPSA) is 52.0 Å². The largest absolute Gasteiger partial charge is 0.397 e. The van der Waals surface area contributed by atoms with E-state index in [1.165, 1.54) is 12.1 Å². The van der Waals surface area contributed by atoms with Gasteiger partial charge >= 0.3 is 0 Å². The molecule has 0 aromatic heterocycles. The molecule has 0 unspecified atom stereocenters. The molecule has 22 heavy (non-hydrogen) atoms. The minimum absolute atomic E-state index is 0.00231. The molecule has 120 valence electrons. The third-order valence-electron chi connectivity index (χ3n) is 2.39. The van der Waals surface area contributed by atoms with Gasteiger partial charge in [-0.25, -0.2) is 4.39 Å². The molecular formula is C16H19Cl2FN2S. The molecule has 2 aromatic rings. The Morgan fingerprint density at radius 2 is 1.41 bits per heavy atom. The maximum atomic E-state index is 12.4.